The Balaban J connectivity index is 1.59. The fourth-order valence-corrected chi connectivity index (χ4v) is 4.62. The van der Waals surface area contributed by atoms with Crippen LogP contribution in [0.1, 0.15) is 28.8 Å². The number of ether oxygens (including phenoxy) is 1. The molecule has 0 N–H and O–H groups in total. The Hall–Kier alpha value is -3.95. The van der Waals surface area contributed by atoms with E-state index in [9.17, 15) is 14.4 Å². The molecule has 0 bridgehead atoms. The fourth-order valence-electron chi connectivity index (χ4n) is 3.67. The maximum atomic E-state index is 13.1. The molecule has 0 saturated heterocycles. The molecule has 0 fully saturated rings. The average Bonchev–Trinajstić information content (AvgIpc) is 2.91. The van der Waals surface area contributed by atoms with Crippen LogP contribution in [0.2, 0.25) is 0 Å². The van der Waals surface area contributed by atoms with Crippen LogP contribution in [0.15, 0.2) is 90.0 Å². The molecule has 4 nitrogen and oxygen atoms in total. The highest BCUT2D eigenvalue weighted by Crippen LogP contribution is 2.35. The van der Waals surface area contributed by atoms with Gasteiger partial charge in [0, 0.05) is 23.1 Å². The minimum absolute atomic E-state index is 0.0315. The zero-order chi connectivity index (χ0) is 24.6. The number of nitrogens with zero attached hydrogens (tertiary/aromatic N) is 2. The molecule has 0 spiro atoms. The molecule has 0 atom stereocenters. The number of methoxy groups -OCH3 is 1. The highest BCUT2D eigenvalue weighted by Gasteiger charge is 2.16. The van der Waals surface area contributed by atoms with Gasteiger partial charge in [0.25, 0.3) is 0 Å². The molecule has 4 rings (SSSR count). The molecule has 3 aromatic carbocycles. The minimum atomic E-state index is -0.363. The Labute approximate surface area is 208 Å². The van der Waals surface area contributed by atoms with E-state index in [2.05, 4.69) is 6.07 Å². The summed E-state index contributed by atoms with van der Waals surface area (Å²) in [6.07, 6.45) is 0.949. The number of pyridine rings is 1. The lowest BCUT2D eigenvalue weighted by molar-refractivity contribution is 0.0982. The maximum absolute atomic E-state index is 13.1. The molecule has 174 valence electrons. The third-order valence-electron chi connectivity index (χ3n) is 5.52. The van der Waals surface area contributed by atoms with Crippen molar-refractivity contribution in [3.8, 4) is 34.2 Å². The van der Waals surface area contributed by atoms with Crippen molar-refractivity contribution in [2.24, 2.45) is 0 Å². The number of carbonyl (C=O) groups excluding carboxylic acids is 1. The van der Waals surface area contributed by atoms with Gasteiger partial charge < -0.3 is 4.74 Å². The quantitative estimate of drug-likeness (QED) is 0.143. The van der Waals surface area contributed by atoms with Gasteiger partial charge in [-0.25, -0.2) is 9.37 Å². The average molecular weight is 483 g/mol. The maximum Gasteiger partial charge on any atom is 0.162 e. The molecule has 1 aromatic heterocycles. The topological polar surface area (TPSA) is 63.0 Å². The lowest BCUT2D eigenvalue weighted by atomic mass is 9.99. The molecule has 0 radical (unpaired) electrons. The van der Waals surface area contributed by atoms with E-state index in [1.165, 1.54) is 36.0 Å². The number of Topliss-reactive ketones (excluding diaryl/α,β-unsaturated/α-hetero) is 1. The zero-order valence-electron chi connectivity index (χ0n) is 19.2. The van der Waals surface area contributed by atoms with Gasteiger partial charge >= 0.3 is 0 Å². The van der Waals surface area contributed by atoms with Crippen molar-refractivity contribution in [3.63, 3.8) is 0 Å². The van der Waals surface area contributed by atoms with E-state index in [0.717, 1.165) is 28.1 Å². The van der Waals surface area contributed by atoms with Gasteiger partial charge in [0.1, 0.15) is 22.7 Å². The van der Waals surface area contributed by atoms with Crippen molar-refractivity contribution in [2.45, 2.75) is 17.9 Å². The van der Waals surface area contributed by atoms with E-state index >= 15 is 0 Å². The molecule has 0 unspecified atom stereocenters. The first-order valence-electron chi connectivity index (χ1n) is 11.2. The standard InChI is InChI=1S/C29H23FN2O2S/c1-34-24-15-11-20(12-16-24)25-18-27(21-6-3-2-4-7-21)32-29(26(25)19-31)35-17-5-8-28(33)22-9-13-23(30)14-10-22/h2-4,6-7,9-16,18H,5,8,17H2,1H3. The predicted octanol–water partition coefficient (Wildman–Crippen LogP) is 7.19. The second kappa shape index (κ2) is 11.5. The van der Waals surface area contributed by atoms with Crippen LogP contribution in [0.3, 0.4) is 0 Å². The van der Waals surface area contributed by atoms with Crippen molar-refractivity contribution in [1.29, 1.82) is 5.26 Å². The van der Waals surface area contributed by atoms with E-state index in [0.29, 0.717) is 34.7 Å². The summed E-state index contributed by atoms with van der Waals surface area (Å²) in [5.74, 6) is 0.966. The van der Waals surface area contributed by atoms with Crippen molar-refractivity contribution >= 4 is 17.5 Å². The Morgan fingerprint density at radius 1 is 1.00 bits per heavy atom. The molecule has 1 heterocycles. The highest BCUT2D eigenvalue weighted by molar-refractivity contribution is 7.99. The first-order chi connectivity index (χ1) is 17.1. The van der Waals surface area contributed by atoms with Crippen LogP contribution in [-0.4, -0.2) is 23.6 Å². The summed E-state index contributed by atoms with van der Waals surface area (Å²) in [7, 11) is 1.62. The smallest absolute Gasteiger partial charge is 0.162 e. The van der Waals surface area contributed by atoms with E-state index in [1.807, 2.05) is 60.7 Å². The molecule has 0 saturated carbocycles. The summed E-state index contributed by atoms with van der Waals surface area (Å²) in [4.78, 5) is 17.2. The Bertz CT molecular complexity index is 1350. The number of rotatable bonds is 9. The number of thioether (sulfide) groups is 1. The number of carbonyl (C=O) groups is 1. The Morgan fingerprint density at radius 2 is 1.71 bits per heavy atom. The summed E-state index contributed by atoms with van der Waals surface area (Å²) in [6, 6.07) is 27.3. The van der Waals surface area contributed by atoms with Gasteiger partial charge in [-0.05, 0) is 60.2 Å². The van der Waals surface area contributed by atoms with E-state index in [1.54, 1.807) is 7.11 Å². The first kappa shape index (κ1) is 24.2. The molecule has 0 amide bonds. The monoisotopic (exact) mass is 482 g/mol. The number of nitriles is 1. The van der Waals surface area contributed by atoms with Crippen LogP contribution in [0.4, 0.5) is 4.39 Å². The first-order valence-corrected chi connectivity index (χ1v) is 12.1. The number of aromatic nitrogens is 1. The van der Waals surface area contributed by atoms with E-state index < -0.39 is 0 Å². The Morgan fingerprint density at radius 3 is 2.37 bits per heavy atom. The number of hydrogen-bond donors (Lipinski definition) is 0. The molecule has 35 heavy (non-hydrogen) atoms. The highest BCUT2D eigenvalue weighted by atomic mass is 32.2. The zero-order valence-corrected chi connectivity index (χ0v) is 20.0. The van der Waals surface area contributed by atoms with Crippen LogP contribution in [0, 0.1) is 17.1 Å². The van der Waals surface area contributed by atoms with Crippen LogP contribution in [0.5, 0.6) is 5.75 Å². The Kier molecular flexibility index (Phi) is 7.92. The van der Waals surface area contributed by atoms with Crippen molar-refractivity contribution in [3.05, 3.63) is 102 Å². The lowest BCUT2D eigenvalue weighted by Gasteiger charge is -2.13. The van der Waals surface area contributed by atoms with Crippen molar-refractivity contribution in [2.75, 3.05) is 12.9 Å². The van der Waals surface area contributed by atoms with Gasteiger partial charge in [0.15, 0.2) is 5.78 Å². The number of benzene rings is 3. The molecule has 4 aromatic rings. The van der Waals surface area contributed by atoms with Gasteiger partial charge in [0.2, 0.25) is 0 Å². The summed E-state index contributed by atoms with van der Waals surface area (Å²) in [5.41, 5.74) is 4.44. The second-order valence-corrected chi connectivity index (χ2v) is 8.91. The molecule has 0 aliphatic rings. The van der Waals surface area contributed by atoms with E-state index in [4.69, 9.17) is 9.72 Å². The normalized spacial score (nSPS) is 10.5. The third-order valence-corrected chi connectivity index (χ3v) is 6.58. The number of halogens is 1. The van der Waals surface area contributed by atoms with Crippen LogP contribution < -0.4 is 4.74 Å². The second-order valence-electron chi connectivity index (χ2n) is 7.82. The van der Waals surface area contributed by atoms with Crippen LogP contribution in [0.25, 0.3) is 22.4 Å². The van der Waals surface area contributed by atoms with Gasteiger partial charge in [-0.1, -0.05) is 42.5 Å². The lowest BCUT2D eigenvalue weighted by Crippen LogP contribution is -2.00. The molecule has 0 aliphatic heterocycles. The minimum Gasteiger partial charge on any atom is -0.497 e. The fraction of sp³-hybridized carbons (Fsp3) is 0.138. The third kappa shape index (κ3) is 5.95. The largest absolute Gasteiger partial charge is 0.497 e. The molecule has 0 aliphatic carbocycles. The number of ketones is 1. The number of hydrogen-bond acceptors (Lipinski definition) is 5. The van der Waals surface area contributed by atoms with Gasteiger partial charge in [-0.15, -0.1) is 11.8 Å². The predicted molar refractivity (Wildman–Crippen MR) is 137 cm³/mol. The van der Waals surface area contributed by atoms with Crippen LogP contribution in [-0.2, 0) is 0 Å². The van der Waals surface area contributed by atoms with Crippen LogP contribution >= 0.6 is 11.8 Å². The van der Waals surface area contributed by atoms with Gasteiger partial charge in [-0.3, -0.25) is 4.79 Å². The molecular formula is C29H23FN2O2S. The van der Waals surface area contributed by atoms with Gasteiger partial charge in [0.05, 0.1) is 18.4 Å². The SMILES string of the molecule is COc1ccc(-c2cc(-c3ccccc3)nc(SCCCC(=O)c3ccc(F)cc3)c2C#N)cc1. The summed E-state index contributed by atoms with van der Waals surface area (Å²) in [6.45, 7) is 0. The van der Waals surface area contributed by atoms with Crippen molar-refractivity contribution < 1.29 is 13.9 Å². The van der Waals surface area contributed by atoms with E-state index in [-0.39, 0.29) is 11.6 Å². The molecule has 6 heteroatoms. The summed E-state index contributed by atoms with van der Waals surface area (Å²) < 4.78 is 18.4. The molecular weight excluding hydrogens is 459 g/mol. The van der Waals surface area contributed by atoms with Crippen molar-refractivity contribution in [1.82, 2.24) is 4.98 Å². The summed E-state index contributed by atoms with van der Waals surface area (Å²) in [5, 5.41) is 10.7. The van der Waals surface area contributed by atoms with Gasteiger partial charge in [-0.2, -0.15) is 5.26 Å². The summed E-state index contributed by atoms with van der Waals surface area (Å²) >= 11 is 1.47.